The summed E-state index contributed by atoms with van der Waals surface area (Å²) in [6.45, 7) is 4.40. The first-order valence-corrected chi connectivity index (χ1v) is 6.37. The van der Waals surface area contributed by atoms with E-state index in [4.69, 9.17) is 0 Å². The Bertz CT molecular complexity index is 429. The Morgan fingerprint density at radius 3 is 2.75 bits per heavy atom. The van der Waals surface area contributed by atoms with Crippen LogP contribution in [0.4, 0.5) is 0 Å². The molecule has 2 heteroatoms. The van der Waals surface area contributed by atoms with Crippen LogP contribution in [0.25, 0.3) is 8.92 Å². The van der Waals surface area contributed by atoms with Gasteiger partial charge in [0.15, 0.2) is 0 Å². The fourth-order valence-corrected chi connectivity index (χ4v) is 4.20. The second kappa shape index (κ2) is 2.87. The molecule has 0 saturated carbocycles. The number of fused-ring (bicyclic) bond motifs is 1. The molecule has 0 saturated heterocycles. The molecule has 0 N–H and O–H groups in total. The van der Waals surface area contributed by atoms with E-state index in [9.17, 15) is 0 Å². The third-order valence-electron chi connectivity index (χ3n) is 2.21. The van der Waals surface area contributed by atoms with Gasteiger partial charge in [0.25, 0.3) is 0 Å². The van der Waals surface area contributed by atoms with Crippen molar-refractivity contribution in [3.05, 3.63) is 27.5 Å². The van der Waals surface area contributed by atoms with Crippen LogP contribution in [0, 0.1) is 13.8 Å². The van der Waals surface area contributed by atoms with E-state index in [1.165, 1.54) is 11.1 Å². The molecular formula is C10H12NTe+. The zero-order valence-electron chi connectivity index (χ0n) is 7.59. The van der Waals surface area contributed by atoms with Crippen LogP contribution in [-0.4, -0.2) is 20.4 Å². The topological polar surface area (TPSA) is 3.88 Å². The van der Waals surface area contributed by atoms with Gasteiger partial charge in [0.1, 0.15) is 0 Å². The standard InChI is InChI=1S/C10H12NTe/c1-7-4-5-10-9(6-7)11(3)8(2)12-10/h4-6H,1-3H3/q+1. The van der Waals surface area contributed by atoms with Crippen LogP contribution >= 0.6 is 0 Å². The van der Waals surface area contributed by atoms with E-state index in [1.54, 1.807) is 7.11 Å². The number of benzene rings is 1. The molecule has 1 aromatic heterocycles. The van der Waals surface area contributed by atoms with Crippen molar-refractivity contribution in [3.8, 4) is 0 Å². The molecule has 0 fully saturated rings. The molecule has 0 bridgehead atoms. The Labute approximate surface area is 82.3 Å². The molecule has 0 radical (unpaired) electrons. The van der Waals surface area contributed by atoms with Gasteiger partial charge in [-0.05, 0) is 0 Å². The number of nitrogens with zero attached hydrogens (tertiary/aromatic N) is 1. The summed E-state index contributed by atoms with van der Waals surface area (Å²) in [5.41, 5.74) is 2.80. The first-order valence-electron chi connectivity index (χ1n) is 4.04. The maximum atomic E-state index is 2.34. The summed E-state index contributed by atoms with van der Waals surface area (Å²) in [5, 5.41) is 0. The quantitative estimate of drug-likeness (QED) is 0.504. The average molecular weight is 274 g/mol. The molecule has 0 unspecified atom stereocenters. The minimum absolute atomic E-state index is 0.0267. The zero-order valence-corrected chi connectivity index (χ0v) is 9.92. The van der Waals surface area contributed by atoms with Gasteiger partial charge in [-0.3, -0.25) is 0 Å². The molecule has 0 amide bonds. The van der Waals surface area contributed by atoms with Gasteiger partial charge < -0.3 is 0 Å². The van der Waals surface area contributed by atoms with Crippen molar-refractivity contribution in [1.29, 1.82) is 0 Å². The van der Waals surface area contributed by atoms with Crippen LogP contribution in [-0.2, 0) is 7.05 Å². The first-order chi connectivity index (χ1) is 5.68. The summed E-state index contributed by atoms with van der Waals surface area (Å²) >= 11 is -0.0267. The number of hydrogen-bond acceptors (Lipinski definition) is 0. The number of rotatable bonds is 0. The van der Waals surface area contributed by atoms with E-state index in [2.05, 4.69) is 43.7 Å². The maximum absolute atomic E-state index is 2.34. The van der Waals surface area contributed by atoms with Crippen molar-refractivity contribution >= 4 is 29.3 Å². The van der Waals surface area contributed by atoms with Crippen molar-refractivity contribution < 1.29 is 4.57 Å². The molecule has 0 spiro atoms. The van der Waals surface area contributed by atoms with Gasteiger partial charge in [-0.1, -0.05) is 0 Å². The Kier molecular flexibility index (Phi) is 1.98. The van der Waals surface area contributed by atoms with E-state index in [0.717, 1.165) is 0 Å². The summed E-state index contributed by atoms with van der Waals surface area (Å²) in [7, 11) is 2.17. The van der Waals surface area contributed by atoms with Crippen LogP contribution in [0.15, 0.2) is 18.2 Å². The predicted octanol–water partition coefficient (Wildman–Crippen LogP) is 1.34. The zero-order chi connectivity index (χ0) is 8.72. The Morgan fingerprint density at radius 2 is 2.00 bits per heavy atom. The number of aromatic nitrogens is 1. The fraction of sp³-hybridized carbons (Fsp3) is 0.300. The van der Waals surface area contributed by atoms with Crippen LogP contribution in [0.2, 0.25) is 0 Å². The molecular weight excluding hydrogens is 262 g/mol. The molecule has 62 valence electrons. The molecule has 0 aliphatic heterocycles. The van der Waals surface area contributed by atoms with Crippen molar-refractivity contribution in [2.45, 2.75) is 13.8 Å². The second-order valence-electron chi connectivity index (χ2n) is 3.15. The normalized spacial score (nSPS) is 10.9. The van der Waals surface area contributed by atoms with Crippen LogP contribution < -0.4 is 4.57 Å². The average Bonchev–Trinajstić information content (AvgIpc) is 2.31. The fourth-order valence-electron chi connectivity index (χ4n) is 1.37. The van der Waals surface area contributed by atoms with E-state index in [0.29, 0.717) is 0 Å². The summed E-state index contributed by atoms with van der Waals surface area (Å²) in [4.78, 5) is 0. The van der Waals surface area contributed by atoms with Crippen LogP contribution in [0.3, 0.4) is 0 Å². The summed E-state index contributed by atoms with van der Waals surface area (Å²) in [6.07, 6.45) is 0. The van der Waals surface area contributed by atoms with Gasteiger partial charge >= 0.3 is 82.3 Å². The molecule has 0 aliphatic carbocycles. The van der Waals surface area contributed by atoms with Gasteiger partial charge in [0, 0.05) is 0 Å². The molecule has 2 rings (SSSR count). The molecule has 1 aromatic carbocycles. The van der Waals surface area contributed by atoms with Gasteiger partial charge in [0.2, 0.25) is 0 Å². The summed E-state index contributed by atoms with van der Waals surface area (Å²) in [6, 6.07) is 6.80. The molecule has 1 nitrogen and oxygen atoms in total. The van der Waals surface area contributed by atoms with Gasteiger partial charge in [-0.25, -0.2) is 0 Å². The van der Waals surface area contributed by atoms with E-state index in [1.807, 2.05) is 0 Å². The van der Waals surface area contributed by atoms with Crippen molar-refractivity contribution in [3.63, 3.8) is 0 Å². The molecule has 0 aliphatic rings. The molecule has 2 aromatic rings. The van der Waals surface area contributed by atoms with E-state index >= 15 is 0 Å². The van der Waals surface area contributed by atoms with E-state index in [-0.39, 0.29) is 20.4 Å². The van der Waals surface area contributed by atoms with E-state index < -0.39 is 0 Å². The predicted molar refractivity (Wildman–Crippen MR) is 51.5 cm³/mol. The monoisotopic (exact) mass is 276 g/mol. The number of aryl methyl sites for hydroxylation is 3. The third-order valence-corrected chi connectivity index (χ3v) is 5.44. The third kappa shape index (κ3) is 1.20. The van der Waals surface area contributed by atoms with Crippen molar-refractivity contribution in [1.82, 2.24) is 0 Å². The van der Waals surface area contributed by atoms with Gasteiger partial charge in [0.05, 0.1) is 0 Å². The van der Waals surface area contributed by atoms with Gasteiger partial charge in [-0.2, -0.15) is 0 Å². The molecule has 1 heterocycles. The van der Waals surface area contributed by atoms with Crippen molar-refractivity contribution in [2.75, 3.05) is 0 Å². The number of hydrogen-bond donors (Lipinski definition) is 0. The Hall–Kier alpha value is -0.320. The molecule has 0 atom stereocenters. The summed E-state index contributed by atoms with van der Waals surface area (Å²) < 4.78 is 5.50. The molecule has 12 heavy (non-hydrogen) atoms. The minimum atomic E-state index is -0.0267. The van der Waals surface area contributed by atoms with Crippen LogP contribution in [0.5, 0.6) is 0 Å². The summed E-state index contributed by atoms with van der Waals surface area (Å²) in [5.74, 6) is 0. The first kappa shape index (κ1) is 8.29. The Balaban J connectivity index is 2.88. The van der Waals surface area contributed by atoms with Crippen LogP contribution in [0.1, 0.15) is 9.27 Å². The Morgan fingerprint density at radius 1 is 1.25 bits per heavy atom. The van der Waals surface area contributed by atoms with Gasteiger partial charge in [-0.15, -0.1) is 0 Å². The van der Waals surface area contributed by atoms with Crippen molar-refractivity contribution in [2.24, 2.45) is 7.05 Å². The SMILES string of the molecule is Cc1ccc2[te]c(C)[n+](C)c2c1. The second-order valence-corrected chi connectivity index (χ2v) is 6.68.